The van der Waals surface area contributed by atoms with Crippen LogP contribution in [0.1, 0.15) is 16.1 Å². The Morgan fingerprint density at radius 2 is 1.54 bits per heavy atom. The largest absolute Gasteiger partial charge is 0.476 e. The first-order valence-electron chi connectivity index (χ1n) is 7.15. The average molecular weight is 323 g/mol. The number of hydrogen-bond acceptors (Lipinski definition) is 4. The van der Waals surface area contributed by atoms with E-state index in [-0.39, 0.29) is 6.54 Å². The van der Waals surface area contributed by atoms with Crippen LogP contribution < -0.4 is 11.2 Å². The van der Waals surface area contributed by atoms with E-state index in [1.165, 1.54) is 0 Å². The van der Waals surface area contributed by atoms with Gasteiger partial charge in [-0.25, -0.2) is 9.59 Å². The molecule has 0 aliphatic rings. The summed E-state index contributed by atoms with van der Waals surface area (Å²) in [5, 5.41) is 12.9. The zero-order chi connectivity index (χ0) is 17.1. The molecular weight excluding hydrogens is 310 g/mol. The SMILES string of the molecule is O=C(O)c1nn(-c2ccccc2)c(=O)n(Cc2ccccc2)c1=O. The van der Waals surface area contributed by atoms with Gasteiger partial charge < -0.3 is 5.11 Å². The number of para-hydroxylation sites is 1. The number of rotatable bonds is 4. The van der Waals surface area contributed by atoms with Crippen molar-refractivity contribution in [3.63, 3.8) is 0 Å². The van der Waals surface area contributed by atoms with E-state index < -0.39 is 22.9 Å². The first kappa shape index (κ1) is 15.4. The molecule has 0 radical (unpaired) electrons. The fourth-order valence-corrected chi connectivity index (χ4v) is 2.29. The van der Waals surface area contributed by atoms with E-state index in [0.29, 0.717) is 11.3 Å². The molecule has 0 bridgehead atoms. The summed E-state index contributed by atoms with van der Waals surface area (Å²) in [6.45, 7) is -0.0336. The van der Waals surface area contributed by atoms with Crippen molar-refractivity contribution in [3.05, 3.63) is 92.8 Å². The molecule has 1 heterocycles. The number of hydrogen-bond donors (Lipinski definition) is 1. The lowest BCUT2D eigenvalue weighted by atomic mass is 10.2. The molecule has 0 fully saturated rings. The number of benzene rings is 2. The van der Waals surface area contributed by atoms with Gasteiger partial charge in [-0.2, -0.15) is 9.78 Å². The van der Waals surface area contributed by atoms with Crippen LogP contribution in [0.25, 0.3) is 5.69 Å². The lowest BCUT2D eigenvalue weighted by molar-refractivity contribution is 0.0684. The number of carboxylic acid groups (broad SMARTS) is 1. The van der Waals surface area contributed by atoms with Gasteiger partial charge in [0.15, 0.2) is 0 Å². The Labute approximate surface area is 136 Å². The third-order valence-electron chi connectivity index (χ3n) is 3.45. The van der Waals surface area contributed by atoms with E-state index in [4.69, 9.17) is 0 Å². The van der Waals surface area contributed by atoms with Crippen LogP contribution in [0, 0.1) is 0 Å². The van der Waals surface area contributed by atoms with Crippen molar-refractivity contribution in [1.82, 2.24) is 14.3 Å². The third kappa shape index (κ3) is 2.87. The quantitative estimate of drug-likeness (QED) is 0.777. The summed E-state index contributed by atoms with van der Waals surface area (Å²) < 4.78 is 1.80. The molecule has 3 rings (SSSR count). The standard InChI is InChI=1S/C17H13N3O4/c21-15-14(16(22)23)18-20(13-9-5-2-6-10-13)17(24)19(15)11-12-7-3-1-4-8-12/h1-10H,11H2,(H,22,23). The smallest absolute Gasteiger partial charge is 0.362 e. The van der Waals surface area contributed by atoms with Crippen molar-refractivity contribution < 1.29 is 9.90 Å². The Morgan fingerprint density at radius 1 is 0.958 bits per heavy atom. The molecule has 120 valence electrons. The molecule has 0 amide bonds. The molecular formula is C17H13N3O4. The minimum Gasteiger partial charge on any atom is -0.476 e. The summed E-state index contributed by atoms with van der Waals surface area (Å²) in [5.41, 5.74) is -1.23. The second-order valence-corrected chi connectivity index (χ2v) is 5.06. The minimum absolute atomic E-state index is 0.0336. The second-order valence-electron chi connectivity index (χ2n) is 5.06. The van der Waals surface area contributed by atoms with Crippen LogP contribution in [0.4, 0.5) is 0 Å². The molecule has 7 nitrogen and oxygen atoms in total. The molecule has 0 unspecified atom stereocenters. The van der Waals surface area contributed by atoms with Crippen molar-refractivity contribution in [1.29, 1.82) is 0 Å². The molecule has 7 heteroatoms. The summed E-state index contributed by atoms with van der Waals surface area (Å²) >= 11 is 0. The van der Waals surface area contributed by atoms with Crippen LogP contribution in [0.3, 0.4) is 0 Å². The van der Waals surface area contributed by atoms with Gasteiger partial charge in [-0.1, -0.05) is 48.5 Å². The maximum Gasteiger partial charge on any atom is 0.362 e. The van der Waals surface area contributed by atoms with E-state index >= 15 is 0 Å². The van der Waals surface area contributed by atoms with Crippen LogP contribution in [-0.4, -0.2) is 25.4 Å². The van der Waals surface area contributed by atoms with Crippen LogP contribution in [0.2, 0.25) is 0 Å². The maximum atomic E-state index is 12.6. The fourth-order valence-electron chi connectivity index (χ4n) is 2.29. The van der Waals surface area contributed by atoms with E-state index in [2.05, 4.69) is 5.10 Å². The highest BCUT2D eigenvalue weighted by Crippen LogP contribution is 2.03. The molecule has 0 saturated heterocycles. The summed E-state index contributed by atoms with van der Waals surface area (Å²) in [6.07, 6.45) is 0. The highest BCUT2D eigenvalue weighted by Gasteiger charge is 2.19. The Kier molecular flexibility index (Phi) is 4.07. The first-order valence-corrected chi connectivity index (χ1v) is 7.15. The lowest BCUT2D eigenvalue weighted by Crippen LogP contribution is -2.44. The number of aromatic carboxylic acids is 1. The third-order valence-corrected chi connectivity index (χ3v) is 3.45. The van der Waals surface area contributed by atoms with Crippen molar-refractivity contribution >= 4 is 5.97 Å². The van der Waals surface area contributed by atoms with Gasteiger partial charge in [-0.05, 0) is 17.7 Å². The highest BCUT2D eigenvalue weighted by molar-refractivity contribution is 5.84. The van der Waals surface area contributed by atoms with E-state index in [1.807, 2.05) is 6.07 Å². The topological polar surface area (TPSA) is 94.2 Å². The molecule has 0 atom stereocenters. The maximum absolute atomic E-state index is 12.6. The molecule has 0 spiro atoms. The summed E-state index contributed by atoms with van der Waals surface area (Å²) in [6, 6.07) is 17.2. The molecule has 24 heavy (non-hydrogen) atoms. The van der Waals surface area contributed by atoms with Gasteiger partial charge in [-0.15, -0.1) is 0 Å². The number of carboxylic acids is 1. The van der Waals surface area contributed by atoms with Crippen LogP contribution in [0.5, 0.6) is 0 Å². The summed E-state index contributed by atoms with van der Waals surface area (Å²) in [7, 11) is 0. The van der Waals surface area contributed by atoms with Crippen molar-refractivity contribution in [2.75, 3.05) is 0 Å². The minimum atomic E-state index is -1.48. The van der Waals surface area contributed by atoms with Crippen molar-refractivity contribution in [2.45, 2.75) is 6.54 Å². The summed E-state index contributed by atoms with van der Waals surface area (Å²) in [5.74, 6) is -1.48. The van der Waals surface area contributed by atoms with Crippen LogP contribution in [-0.2, 0) is 6.54 Å². The normalized spacial score (nSPS) is 10.5. The van der Waals surface area contributed by atoms with E-state index in [9.17, 15) is 19.5 Å². The average Bonchev–Trinajstić information content (AvgIpc) is 2.60. The molecule has 1 aromatic heterocycles. The van der Waals surface area contributed by atoms with E-state index in [0.717, 1.165) is 9.25 Å². The Morgan fingerprint density at radius 3 is 2.12 bits per heavy atom. The van der Waals surface area contributed by atoms with Gasteiger partial charge >= 0.3 is 11.7 Å². The zero-order valence-corrected chi connectivity index (χ0v) is 12.5. The van der Waals surface area contributed by atoms with Crippen molar-refractivity contribution in [2.24, 2.45) is 0 Å². The number of nitrogens with zero attached hydrogens (tertiary/aromatic N) is 3. The zero-order valence-electron chi connectivity index (χ0n) is 12.5. The Bertz CT molecular complexity index is 992. The molecule has 0 aliphatic carbocycles. The van der Waals surface area contributed by atoms with Gasteiger partial charge in [0.25, 0.3) is 5.56 Å². The molecule has 0 saturated carbocycles. The number of aromatic nitrogens is 3. The molecule has 2 aromatic carbocycles. The number of carbonyl (C=O) groups is 1. The molecule has 0 aliphatic heterocycles. The fraction of sp³-hybridized carbons (Fsp3) is 0.0588. The Hall–Kier alpha value is -3.48. The monoisotopic (exact) mass is 323 g/mol. The van der Waals surface area contributed by atoms with E-state index in [1.54, 1.807) is 54.6 Å². The van der Waals surface area contributed by atoms with Crippen LogP contribution in [0.15, 0.2) is 70.3 Å². The van der Waals surface area contributed by atoms with Gasteiger partial charge in [0.2, 0.25) is 5.69 Å². The Balaban J connectivity index is 2.24. The predicted molar refractivity (Wildman–Crippen MR) is 86.6 cm³/mol. The van der Waals surface area contributed by atoms with Crippen molar-refractivity contribution in [3.8, 4) is 5.69 Å². The highest BCUT2D eigenvalue weighted by atomic mass is 16.4. The lowest BCUT2D eigenvalue weighted by Gasteiger charge is -2.10. The van der Waals surface area contributed by atoms with Gasteiger partial charge in [-0.3, -0.25) is 9.36 Å². The predicted octanol–water partition coefficient (Wildman–Crippen LogP) is 1.14. The molecule has 3 aromatic rings. The first-order chi connectivity index (χ1) is 11.6. The van der Waals surface area contributed by atoms with Gasteiger partial charge in [0, 0.05) is 0 Å². The molecule has 1 N–H and O–H groups in total. The van der Waals surface area contributed by atoms with Gasteiger partial charge in [0.05, 0.1) is 12.2 Å². The van der Waals surface area contributed by atoms with Crippen LogP contribution >= 0.6 is 0 Å². The summed E-state index contributed by atoms with van der Waals surface area (Å²) in [4.78, 5) is 36.3. The second kappa shape index (κ2) is 6.33. The van der Waals surface area contributed by atoms with Gasteiger partial charge in [0.1, 0.15) is 0 Å².